The molecule has 1 aromatic rings. The molecule has 0 aromatic carbocycles. The maximum Gasteiger partial charge on any atom is 0.0949 e. The minimum Gasteiger partial charge on any atom is -0.387 e. The molecule has 0 saturated heterocycles. The van der Waals surface area contributed by atoms with Gasteiger partial charge in [-0.1, -0.05) is 0 Å². The summed E-state index contributed by atoms with van der Waals surface area (Å²) >= 11 is 0. The van der Waals surface area contributed by atoms with E-state index in [1.165, 1.54) is 0 Å². The predicted molar refractivity (Wildman–Crippen MR) is 56.5 cm³/mol. The third-order valence-electron chi connectivity index (χ3n) is 3.00. The van der Waals surface area contributed by atoms with E-state index in [2.05, 4.69) is 5.10 Å². The molecule has 84 valence electrons. The van der Waals surface area contributed by atoms with Gasteiger partial charge in [0.25, 0.3) is 0 Å². The average Bonchev–Trinajstić information content (AvgIpc) is 2.93. The molecule has 1 heterocycles. The van der Waals surface area contributed by atoms with Crippen LogP contribution < -0.4 is 0 Å². The SMILES string of the molecule is COCC(O)(Cc1cnn(C)c1)C1CC1. The van der Waals surface area contributed by atoms with Crippen molar-refractivity contribution in [2.75, 3.05) is 13.7 Å². The molecule has 0 bridgehead atoms. The monoisotopic (exact) mass is 210 g/mol. The van der Waals surface area contributed by atoms with Crippen molar-refractivity contribution in [3.05, 3.63) is 18.0 Å². The number of rotatable bonds is 5. The fourth-order valence-electron chi connectivity index (χ4n) is 2.10. The van der Waals surface area contributed by atoms with E-state index in [0.29, 0.717) is 18.9 Å². The second kappa shape index (κ2) is 3.94. The van der Waals surface area contributed by atoms with Gasteiger partial charge in [0, 0.05) is 26.8 Å². The maximum atomic E-state index is 10.5. The summed E-state index contributed by atoms with van der Waals surface area (Å²) in [5.41, 5.74) is 0.376. The summed E-state index contributed by atoms with van der Waals surface area (Å²) in [4.78, 5) is 0. The molecule has 1 fully saturated rings. The van der Waals surface area contributed by atoms with Gasteiger partial charge in [0.2, 0.25) is 0 Å². The van der Waals surface area contributed by atoms with Crippen molar-refractivity contribution in [2.24, 2.45) is 13.0 Å². The van der Waals surface area contributed by atoms with Crippen LogP contribution in [0.5, 0.6) is 0 Å². The van der Waals surface area contributed by atoms with E-state index in [1.54, 1.807) is 11.8 Å². The largest absolute Gasteiger partial charge is 0.387 e. The van der Waals surface area contributed by atoms with Crippen molar-refractivity contribution in [1.82, 2.24) is 9.78 Å². The highest BCUT2D eigenvalue weighted by Crippen LogP contribution is 2.41. The Morgan fingerprint density at radius 2 is 2.40 bits per heavy atom. The van der Waals surface area contributed by atoms with Gasteiger partial charge in [0.05, 0.1) is 18.4 Å². The van der Waals surface area contributed by atoms with Gasteiger partial charge < -0.3 is 9.84 Å². The van der Waals surface area contributed by atoms with E-state index < -0.39 is 5.60 Å². The zero-order valence-corrected chi connectivity index (χ0v) is 9.31. The highest BCUT2D eigenvalue weighted by molar-refractivity contribution is 5.11. The summed E-state index contributed by atoms with van der Waals surface area (Å²) in [6.07, 6.45) is 6.62. The number of aryl methyl sites for hydroxylation is 1. The van der Waals surface area contributed by atoms with Crippen LogP contribution in [0.3, 0.4) is 0 Å². The van der Waals surface area contributed by atoms with Gasteiger partial charge in [0.1, 0.15) is 0 Å². The van der Waals surface area contributed by atoms with Crippen molar-refractivity contribution in [3.63, 3.8) is 0 Å². The summed E-state index contributed by atoms with van der Waals surface area (Å²) in [5.74, 6) is 0.401. The lowest BCUT2D eigenvalue weighted by atomic mass is 9.92. The number of aromatic nitrogens is 2. The first kappa shape index (κ1) is 10.6. The Kier molecular flexibility index (Phi) is 2.80. The Bertz CT molecular complexity index is 333. The van der Waals surface area contributed by atoms with Gasteiger partial charge in [-0.3, -0.25) is 4.68 Å². The third-order valence-corrected chi connectivity index (χ3v) is 3.00. The van der Waals surface area contributed by atoms with E-state index in [0.717, 1.165) is 18.4 Å². The number of ether oxygens (including phenoxy) is 1. The molecule has 0 amide bonds. The van der Waals surface area contributed by atoms with Crippen molar-refractivity contribution in [1.29, 1.82) is 0 Å². The second-order valence-corrected chi connectivity index (χ2v) is 4.51. The topological polar surface area (TPSA) is 47.3 Å². The van der Waals surface area contributed by atoms with Crippen LogP contribution in [0.4, 0.5) is 0 Å². The molecule has 4 nitrogen and oxygen atoms in total. The highest BCUT2D eigenvalue weighted by atomic mass is 16.5. The fraction of sp³-hybridized carbons (Fsp3) is 0.727. The molecule has 1 saturated carbocycles. The minimum atomic E-state index is -0.697. The molecule has 0 radical (unpaired) electrons. The Morgan fingerprint density at radius 3 is 2.87 bits per heavy atom. The first-order valence-electron chi connectivity index (χ1n) is 5.33. The zero-order valence-electron chi connectivity index (χ0n) is 9.31. The van der Waals surface area contributed by atoms with Crippen LogP contribution in [0.2, 0.25) is 0 Å². The highest BCUT2D eigenvalue weighted by Gasteiger charge is 2.43. The van der Waals surface area contributed by atoms with Crippen LogP contribution in [0.1, 0.15) is 18.4 Å². The lowest BCUT2D eigenvalue weighted by Gasteiger charge is -2.26. The van der Waals surface area contributed by atoms with Crippen LogP contribution in [0.15, 0.2) is 12.4 Å². The molecule has 2 rings (SSSR count). The molecule has 0 aliphatic heterocycles. The Labute approximate surface area is 89.9 Å². The van der Waals surface area contributed by atoms with Gasteiger partial charge in [-0.2, -0.15) is 5.10 Å². The van der Waals surface area contributed by atoms with Gasteiger partial charge >= 0.3 is 0 Å². The minimum absolute atomic E-state index is 0.401. The summed E-state index contributed by atoms with van der Waals surface area (Å²) in [5, 5.41) is 14.6. The normalized spacial score (nSPS) is 20.2. The summed E-state index contributed by atoms with van der Waals surface area (Å²) in [7, 11) is 3.52. The Morgan fingerprint density at radius 1 is 1.67 bits per heavy atom. The van der Waals surface area contributed by atoms with Crippen LogP contribution in [0.25, 0.3) is 0 Å². The van der Waals surface area contributed by atoms with Crippen LogP contribution in [-0.4, -0.2) is 34.2 Å². The van der Waals surface area contributed by atoms with Crippen LogP contribution >= 0.6 is 0 Å². The molecule has 1 aliphatic rings. The van der Waals surface area contributed by atoms with E-state index in [1.807, 2.05) is 19.4 Å². The number of nitrogens with zero attached hydrogens (tertiary/aromatic N) is 2. The quantitative estimate of drug-likeness (QED) is 0.780. The number of aliphatic hydroxyl groups is 1. The molecule has 4 heteroatoms. The van der Waals surface area contributed by atoms with E-state index >= 15 is 0 Å². The van der Waals surface area contributed by atoms with Crippen LogP contribution in [0, 0.1) is 5.92 Å². The molecule has 1 aromatic heterocycles. The number of hydrogen-bond acceptors (Lipinski definition) is 3. The molecular weight excluding hydrogens is 192 g/mol. The lowest BCUT2D eigenvalue weighted by Crippen LogP contribution is -2.39. The fourth-order valence-corrected chi connectivity index (χ4v) is 2.10. The first-order chi connectivity index (χ1) is 7.14. The molecule has 0 spiro atoms. The molecular formula is C11H18N2O2. The zero-order chi connectivity index (χ0) is 10.9. The average molecular weight is 210 g/mol. The van der Waals surface area contributed by atoms with Gasteiger partial charge in [-0.25, -0.2) is 0 Å². The van der Waals surface area contributed by atoms with E-state index in [9.17, 15) is 5.11 Å². The summed E-state index contributed by atoms with van der Waals surface area (Å²) < 4.78 is 6.87. The standard InChI is InChI=1S/C11H18N2O2/c1-13-7-9(6-12-13)5-11(14,8-15-2)10-3-4-10/h6-7,10,14H,3-5,8H2,1-2H3. The number of methoxy groups -OCH3 is 1. The Hall–Kier alpha value is -0.870. The third kappa shape index (κ3) is 2.38. The summed E-state index contributed by atoms with van der Waals surface area (Å²) in [6, 6.07) is 0. The van der Waals surface area contributed by atoms with Crippen LogP contribution in [-0.2, 0) is 18.2 Å². The van der Waals surface area contributed by atoms with Gasteiger partial charge in [-0.15, -0.1) is 0 Å². The number of hydrogen-bond donors (Lipinski definition) is 1. The molecule has 15 heavy (non-hydrogen) atoms. The molecule has 1 N–H and O–H groups in total. The van der Waals surface area contributed by atoms with Crippen molar-refractivity contribution in [2.45, 2.75) is 24.9 Å². The predicted octanol–water partition coefficient (Wildman–Crippen LogP) is 0.750. The van der Waals surface area contributed by atoms with E-state index in [4.69, 9.17) is 4.74 Å². The second-order valence-electron chi connectivity index (χ2n) is 4.51. The smallest absolute Gasteiger partial charge is 0.0949 e. The first-order valence-corrected chi connectivity index (χ1v) is 5.33. The van der Waals surface area contributed by atoms with Crippen molar-refractivity contribution in [3.8, 4) is 0 Å². The van der Waals surface area contributed by atoms with Crippen molar-refractivity contribution >= 4 is 0 Å². The van der Waals surface area contributed by atoms with Gasteiger partial charge in [0.15, 0.2) is 0 Å². The van der Waals surface area contributed by atoms with E-state index in [-0.39, 0.29) is 0 Å². The van der Waals surface area contributed by atoms with Gasteiger partial charge in [-0.05, 0) is 24.3 Å². The molecule has 1 unspecified atom stereocenters. The maximum absolute atomic E-state index is 10.5. The molecule has 1 aliphatic carbocycles. The lowest BCUT2D eigenvalue weighted by molar-refractivity contribution is -0.0474. The Balaban J connectivity index is 2.06. The van der Waals surface area contributed by atoms with Crippen molar-refractivity contribution < 1.29 is 9.84 Å². The summed E-state index contributed by atoms with van der Waals surface area (Å²) in [6.45, 7) is 0.409. The molecule has 1 atom stereocenters.